The van der Waals surface area contributed by atoms with Gasteiger partial charge in [-0.2, -0.15) is 11.8 Å². The largest absolute Gasteiger partial charge is 0.459 e. The summed E-state index contributed by atoms with van der Waals surface area (Å²) in [5.74, 6) is -0.991. The summed E-state index contributed by atoms with van der Waals surface area (Å²) >= 11 is 7.55. The summed E-state index contributed by atoms with van der Waals surface area (Å²) in [6, 6.07) is 7.27. The van der Waals surface area contributed by atoms with Gasteiger partial charge in [0.2, 0.25) is 0 Å². The van der Waals surface area contributed by atoms with Crippen LogP contribution in [0.3, 0.4) is 0 Å². The first-order valence-corrected chi connectivity index (χ1v) is 10.2. The summed E-state index contributed by atoms with van der Waals surface area (Å²) in [4.78, 5) is 36.5. The molecular weight excluding hydrogens is 404 g/mol. The van der Waals surface area contributed by atoms with Gasteiger partial charge in [0.1, 0.15) is 6.04 Å². The normalized spacial score (nSPS) is 11.5. The third-order valence-corrected chi connectivity index (χ3v) is 4.80. The molecule has 0 unspecified atom stereocenters. The minimum Gasteiger partial charge on any atom is -0.459 e. The zero-order valence-electron chi connectivity index (χ0n) is 15.5. The molecule has 1 aromatic carbocycles. The Kier molecular flexibility index (Phi) is 8.41. The van der Waals surface area contributed by atoms with Gasteiger partial charge < -0.3 is 19.8 Å². The molecule has 2 N–H and O–H groups in total. The van der Waals surface area contributed by atoms with Crippen LogP contribution in [-0.2, 0) is 14.3 Å². The number of rotatable bonds is 9. The molecule has 150 valence electrons. The molecule has 0 fully saturated rings. The number of carbonyl (C=O) groups excluding carboxylic acids is 3. The smallest absolute Gasteiger partial charge is 0.329 e. The van der Waals surface area contributed by atoms with Crippen LogP contribution in [0.1, 0.15) is 22.5 Å². The van der Waals surface area contributed by atoms with Gasteiger partial charge in [-0.1, -0.05) is 17.7 Å². The SMILES string of the molecule is CSCC[C@@H](NC(=O)c1ccco1)C(=O)OCC(=O)Nc1ccc(C)c(Cl)c1. The number of esters is 1. The third kappa shape index (κ3) is 6.61. The van der Waals surface area contributed by atoms with E-state index in [0.29, 0.717) is 22.9 Å². The van der Waals surface area contributed by atoms with E-state index in [-0.39, 0.29) is 5.76 Å². The maximum absolute atomic E-state index is 12.3. The van der Waals surface area contributed by atoms with Crippen LogP contribution < -0.4 is 10.6 Å². The molecule has 0 aliphatic carbocycles. The number of carbonyl (C=O) groups is 3. The third-order valence-electron chi connectivity index (χ3n) is 3.75. The Morgan fingerprint density at radius 3 is 2.71 bits per heavy atom. The van der Waals surface area contributed by atoms with Crippen molar-refractivity contribution in [1.82, 2.24) is 5.32 Å². The van der Waals surface area contributed by atoms with Crippen LogP contribution in [0.2, 0.25) is 5.02 Å². The van der Waals surface area contributed by atoms with Crippen LogP contribution in [0.5, 0.6) is 0 Å². The maximum Gasteiger partial charge on any atom is 0.329 e. The molecule has 0 radical (unpaired) electrons. The van der Waals surface area contributed by atoms with Crippen molar-refractivity contribution in [1.29, 1.82) is 0 Å². The number of thioether (sulfide) groups is 1. The van der Waals surface area contributed by atoms with Gasteiger partial charge in [-0.15, -0.1) is 0 Å². The second kappa shape index (κ2) is 10.8. The first kappa shape index (κ1) is 21.8. The van der Waals surface area contributed by atoms with Crippen molar-refractivity contribution in [2.75, 3.05) is 23.9 Å². The highest BCUT2D eigenvalue weighted by molar-refractivity contribution is 7.98. The lowest BCUT2D eigenvalue weighted by Crippen LogP contribution is -2.43. The van der Waals surface area contributed by atoms with Crippen molar-refractivity contribution in [2.24, 2.45) is 0 Å². The molecule has 1 atom stereocenters. The van der Waals surface area contributed by atoms with E-state index in [4.69, 9.17) is 20.8 Å². The molecule has 0 aliphatic heterocycles. The van der Waals surface area contributed by atoms with Crippen molar-refractivity contribution >= 4 is 46.8 Å². The number of hydrogen-bond acceptors (Lipinski definition) is 6. The van der Waals surface area contributed by atoms with Crippen LogP contribution in [0, 0.1) is 6.92 Å². The fourth-order valence-corrected chi connectivity index (χ4v) is 2.88. The van der Waals surface area contributed by atoms with Gasteiger partial charge in [0, 0.05) is 10.7 Å². The van der Waals surface area contributed by atoms with Crippen LogP contribution in [0.4, 0.5) is 5.69 Å². The van der Waals surface area contributed by atoms with Gasteiger partial charge in [0.25, 0.3) is 11.8 Å². The van der Waals surface area contributed by atoms with Crippen LogP contribution in [-0.4, -0.2) is 42.4 Å². The summed E-state index contributed by atoms with van der Waals surface area (Å²) in [6.45, 7) is 1.37. The Balaban J connectivity index is 1.89. The predicted molar refractivity (Wildman–Crippen MR) is 109 cm³/mol. The number of halogens is 1. The molecule has 0 saturated carbocycles. The minimum atomic E-state index is -0.883. The van der Waals surface area contributed by atoms with Crippen molar-refractivity contribution < 1.29 is 23.5 Å². The molecule has 2 aromatic rings. The molecule has 1 aromatic heterocycles. The summed E-state index contributed by atoms with van der Waals surface area (Å²) in [5.41, 5.74) is 1.39. The lowest BCUT2D eigenvalue weighted by molar-refractivity contribution is -0.149. The second-order valence-corrected chi connectivity index (χ2v) is 7.30. The van der Waals surface area contributed by atoms with E-state index >= 15 is 0 Å². The number of anilines is 1. The maximum atomic E-state index is 12.3. The summed E-state index contributed by atoms with van der Waals surface area (Å²) in [7, 11) is 0. The molecule has 0 saturated heterocycles. The molecule has 2 amide bonds. The number of nitrogens with one attached hydrogen (secondary N) is 2. The highest BCUT2D eigenvalue weighted by Crippen LogP contribution is 2.19. The zero-order valence-corrected chi connectivity index (χ0v) is 17.1. The molecule has 28 heavy (non-hydrogen) atoms. The van der Waals surface area contributed by atoms with Gasteiger partial charge in [-0.25, -0.2) is 4.79 Å². The van der Waals surface area contributed by atoms with Gasteiger partial charge >= 0.3 is 5.97 Å². The molecule has 7 nitrogen and oxygen atoms in total. The van der Waals surface area contributed by atoms with E-state index < -0.39 is 30.4 Å². The molecule has 9 heteroatoms. The van der Waals surface area contributed by atoms with Gasteiger partial charge in [-0.3, -0.25) is 9.59 Å². The summed E-state index contributed by atoms with van der Waals surface area (Å²) in [6.07, 6.45) is 3.62. The lowest BCUT2D eigenvalue weighted by atomic mass is 10.2. The minimum absolute atomic E-state index is 0.0935. The van der Waals surface area contributed by atoms with Crippen molar-refractivity contribution in [3.05, 3.63) is 52.9 Å². The Labute approximate surface area is 172 Å². The molecule has 0 spiro atoms. The van der Waals surface area contributed by atoms with E-state index in [1.54, 1.807) is 24.3 Å². The first-order chi connectivity index (χ1) is 13.4. The number of ether oxygens (including phenoxy) is 1. The first-order valence-electron chi connectivity index (χ1n) is 8.46. The highest BCUT2D eigenvalue weighted by atomic mass is 35.5. The molecule has 0 aliphatic rings. The summed E-state index contributed by atoms with van der Waals surface area (Å²) in [5, 5.41) is 5.70. The standard InChI is InChI=1S/C19H21ClN2O5S/c1-12-5-6-13(10-14(12)20)21-17(23)11-27-19(25)15(7-9-28-2)22-18(24)16-4-3-8-26-16/h3-6,8,10,15H,7,9,11H2,1-2H3,(H,21,23)(H,22,24)/t15-/m1/s1. The average molecular weight is 425 g/mol. The Hall–Kier alpha value is -2.45. The number of amides is 2. The zero-order chi connectivity index (χ0) is 20.5. The Morgan fingerprint density at radius 2 is 2.07 bits per heavy atom. The van der Waals surface area contributed by atoms with Gasteiger partial charge in [-0.05, 0) is 55.2 Å². The topological polar surface area (TPSA) is 97.6 Å². The van der Waals surface area contributed by atoms with E-state index in [1.165, 1.54) is 24.1 Å². The highest BCUT2D eigenvalue weighted by Gasteiger charge is 2.24. The van der Waals surface area contributed by atoms with E-state index in [9.17, 15) is 14.4 Å². The molecular formula is C19H21ClN2O5S. The fraction of sp³-hybridized carbons (Fsp3) is 0.316. The Bertz CT molecular complexity index is 826. The average Bonchev–Trinajstić information content (AvgIpc) is 3.21. The van der Waals surface area contributed by atoms with Crippen molar-refractivity contribution in [3.63, 3.8) is 0 Å². The molecule has 1 heterocycles. The Morgan fingerprint density at radius 1 is 1.29 bits per heavy atom. The van der Waals surface area contributed by atoms with E-state index in [2.05, 4.69) is 10.6 Å². The number of aryl methyl sites for hydroxylation is 1. The number of hydrogen-bond donors (Lipinski definition) is 2. The van der Waals surface area contributed by atoms with E-state index in [1.807, 2.05) is 13.2 Å². The van der Waals surface area contributed by atoms with Crippen LogP contribution in [0.15, 0.2) is 41.0 Å². The van der Waals surface area contributed by atoms with E-state index in [0.717, 1.165) is 5.56 Å². The van der Waals surface area contributed by atoms with Crippen LogP contribution >= 0.6 is 23.4 Å². The van der Waals surface area contributed by atoms with Crippen LogP contribution in [0.25, 0.3) is 0 Å². The van der Waals surface area contributed by atoms with Crippen molar-refractivity contribution in [3.8, 4) is 0 Å². The summed E-state index contributed by atoms with van der Waals surface area (Å²) < 4.78 is 10.1. The van der Waals surface area contributed by atoms with Crippen molar-refractivity contribution in [2.45, 2.75) is 19.4 Å². The second-order valence-electron chi connectivity index (χ2n) is 5.90. The number of furan rings is 1. The lowest BCUT2D eigenvalue weighted by Gasteiger charge is -2.16. The quantitative estimate of drug-likeness (QED) is 0.599. The van der Waals surface area contributed by atoms with Gasteiger partial charge in [0.15, 0.2) is 12.4 Å². The van der Waals surface area contributed by atoms with Gasteiger partial charge in [0.05, 0.1) is 6.26 Å². The molecule has 0 bridgehead atoms. The number of benzene rings is 1. The predicted octanol–water partition coefficient (Wildman–Crippen LogP) is 3.27. The fourth-order valence-electron chi connectivity index (χ4n) is 2.23. The monoisotopic (exact) mass is 424 g/mol. The molecule has 2 rings (SSSR count).